The van der Waals surface area contributed by atoms with E-state index in [-0.39, 0.29) is 12.5 Å². The van der Waals surface area contributed by atoms with Crippen molar-refractivity contribution in [2.75, 3.05) is 33.4 Å². The molecule has 0 aromatic rings. The van der Waals surface area contributed by atoms with E-state index < -0.39 is 5.60 Å². The van der Waals surface area contributed by atoms with Crippen molar-refractivity contribution < 1.29 is 14.3 Å². The lowest BCUT2D eigenvalue weighted by molar-refractivity contribution is -0.152. The topological polar surface area (TPSA) is 72.0 Å². The fourth-order valence-corrected chi connectivity index (χ4v) is 1.13. The van der Waals surface area contributed by atoms with Crippen LogP contribution in [0.1, 0.15) is 27.7 Å². The summed E-state index contributed by atoms with van der Waals surface area (Å²) < 4.78 is 10.1. The van der Waals surface area contributed by atoms with Gasteiger partial charge in [0.2, 0.25) is 0 Å². The predicted molar refractivity (Wildman–Crippen MR) is 71.7 cm³/mol. The zero-order chi connectivity index (χ0) is 14.0. The molecular weight excluding hydrogens is 234 g/mol. The van der Waals surface area contributed by atoms with Crippen LogP contribution in [0.5, 0.6) is 0 Å². The Kier molecular flexibility index (Phi) is 8.11. The van der Waals surface area contributed by atoms with Crippen molar-refractivity contribution >= 4 is 11.9 Å². The van der Waals surface area contributed by atoms with Crippen LogP contribution in [0.15, 0.2) is 4.99 Å². The molecular formula is C12H25N3O3. The van der Waals surface area contributed by atoms with Gasteiger partial charge in [-0.1, -0.05) is 0 Å². The maximum absolute atomic E-state index is 11.5. The molecule has 0 aliphatic carbocycles. The van der Waals surface area contributed by atoms with Gasteiger partial charge in [-0.3, -0.25) is 4.79 Å². The number of carbonyl (C=O) groups excluding carboxylic acids is 1. The third-order valence-electron chi connectivity index (χ3n) is 1.73. The molecule has 0 rings (SSSR count). The van der Waals surface area contributed by atoms with Gasteiger partial charge >= 0.3 is 5.97 Å². The summed E-state index contributed by atoms with van der Waals surface area (Å²) in [7, 11) is 1.63. The number of carbonyl (C=O) groups is 1. The highest BCUT2D eigenvalue weighted by atomic mass is 16.6. The van der Waals surface area contributed by atoms with Crippen molar-refractivity contribution in [2.45, 2.75) is 33.3 Å². The normalized spacial score (nSPS) is 12.2. The van der Waals surface area contributed by atoms with Gasteiger partial charge in [0.25, 0.3) is 0 Å². The highest BCUT2D eigenvalue weighted by Gasteiger charge is 2.15. The molecule has 0 aromatic heterocycles. The Labute approximate surface area is 109 Å². The summed E-state index contributed by atoms with van der Waals surface area (Å²) in [4.78, 5) is 15.6. The van der Waals surface area contributed by atoms with Gasteiger partial charge in [0.05, 0.1) is 6.61 Å². The van der Waals surface area contributed by atoms with E-state index in [4.69, 9.17) is 9.47 Å². The lowest BCUT2D eigenvalue weighted by atomic mass is 10.2. The molecule has 0 spiro atoms. The Morgan fingerprint density at radius 1 is 1.28 bits per heavy atom. The third-order valence-corrected chi connectivity index (χ3v) is 1.73. The minimum absolute atomic E-state index is 0.000411. The van der Waals surface area contributed by atoms with E-state index in [0.29, 0.717) is 19.1 Å². The summed E-state index contributed by atoms with van der Waals surface area (Å²) in [5.74, 6) is 0.242. The number of nitrogens with zero attached hydrogens (tertiary/aromatic N) is 1. The third kappa shape index (κ3) is 9.89. The average Bonchev–Trinajstić information content (AvgIpc) is 2.24. The highest BCUT2D eigenvalue weighted by molar-refractivity contribution is 5.83. The number of esters is 1. The maximum Gasteiger partial charge on any atom is 0.328 e. The van der Waals surface area contributed by atoms with E-state index in [1.807, 2.05) is 27.7 Å². The van der Waals surface area contributed by atoms with Crippen LogP contribution in [-0.4, -0.2) is 50.9 Å². The molecule has 0 unspecified atom stereocenters. The van der Waals surface area contributed by atoms with E-state index in [9.17, 15) is 4.79 Å². The number of methoxy groups -OCH3 is 1. The van der Waals surface area contributed by atoms with Gasteiger partial charge in [0.1, 0.15) is 12.1 Å². The summed E-state index contributed by atoms with van der Waals surface area (Å²) >= 11 is 0. The molecule has 6 nitrogen and oxygen atoms in total. The molecule has 0 heterocycles. The second kappa shape index (κ2) is 8.74. The van der Waals surface area contributed by atoms with E-state index in [0.717, 1.165) is 6.54 Å². The molecule has 0 atom stereocenters. The van der Waals surface area contributed by atoms with E-state index >= 15 is 0 Å². The Hall–Kier alpha value is -1.30. The summed E-state index contributed by atoms with van der Waals surface area (Å²) in [6.45, 7) is 9.39. The lowest BCUT2D eigenvalue weighted by Crippen LogP contribution is -2.39. The Morgan fingerprint density at radius 3 is 2.44 bits per heavy atom. The van der Waals surface area contributed by atoms with Crippen LogP contribution >= 0.6 is 0 Å². The second-order valence-corrected chi connectivity index (χ2v) is 4.70. The molecule has 18 heavy (non-hydrogen) atoms. The number of aliphatic imine (C=N–C) groups is 1. The quantitative estimate of drug-likeness (QED) is 0.315. The second-order valence-electron chi connectivity index (χ2n) is 4.70. The Morgan fingerprint density at radius 2 is 1.94 bits per heavy atom. The molecule has 2 N–H and O–H groups in total. The van der Waals surface area contributed by atoms with Gasteiger partial charge in [-0.05, 0) is 27.7 Å². The fourth-order valence-electron chi connectivity index (χ4n) is 1.13. The molecule has 0 radical (unpaired) electrons. The maximum atomic E-state index is 11.5. The first kappa shape index (κ1) is 16.7. The van der Waals surface area contributed by atoms with Crippen LogP contribution in [0, 0.1) is 0 Å². The van der Waals surface area contributed by atoms with Crippen LogP contribution in [0.2, 0.25) is 0 Å². The number of rotatable bonds is 6. The summed E-state index contributed by atoms with van der Waals surface area (Å²) in [6.07, 6.45) is 0. The van der Waals surface area contributed by atoms with Gasteiger partial charge in [-0.25, -0.2) is 4.99 Å². The summed E-state index contributed by atoms with van der Waals surface area (Å²) in [5, 5.41) is 6.08. The molecule has 0 bridgehead atoms. The predicted octanol–water partition coefficient (Wildman–Crippen LogP) is 0.530. The first-order valence-electron chi connectivity index (χ1n) is 6.12. The van der Waals surface area contributed by atoms with Gasteiger partial charge in [0.15, 0.2) is 5.96 Å². The molecule has 0 amide bonds. The summed E-state index contributed by atoms with van der Waals surface area (Å²) in [6, 6.07) is 0. The standard InChI is InChI=1S/C12H25N3O3/c1-6-13-11(14-7-8-17-5)15-9-10(16)18-12(2,3)4/h6-9H2,1-5H3,(H2,13,14,15). The van der Waals surface area contributed by atoms with Crippen LogP contribution in [0.25, 0.3) is 0 Å². The molecule has 6 heteroatoms. The first-order chi connectivity index (χ1) is 8.39. The summed E-state index contributed by atoms with van der Waals surface area (Å²) in [5.41, 5.74) is -0.478. The fraction of sp³-hybridized carbons (Fsp3) is 0.833. The number of guanidine groups is 1. The molecule has 0 saturated heterocycles. The number of hydrogen-bond donors (Lipinski definition) is 2. The van der Waals surface area contributed by atoms with Crippen molar-refractivity contribution in [3.8, 4) is 0 Å². The molecule has 0 saturated carbocycles. The molecule has 0 fully saturated rings. The zero-order valence-electron chi connectivity index (χ0n) is 12.0. The number of ether oxygens (including phenoxy) is 2. The van der Waals surface area contributed by atoms with Gasteiger partial charge in [-0.2, -0.15) is 0 Å². The molecule has 0 aliphatic heterocycles. The molecule has 0 aromatic carbocycles. The van der Waals surface area contributed by atoms with Gasteiger partial charge < -0.3 is 20.1 Å². The van der Waals surface area contributed by atoms with Crippen molar-refractivity contribution in [1.82, 2.24) is 10.6 Å². The monoisotopic (exact) mass is 259 g/mol. The minimum Gasteiger partial charge on any atom is -0.459 e. The number of nitrogens with one attached hydrogen (secondary N) is 2. The van der Waals surface area contributed by atoms with Crippen molar-refractivity contribution in [3.05, 3.63) is 0 Å². The average molecular weight is 259 g/mol. The largest absolute Gasteiger partial charge is 0.459 e. The highest BCUT2D eigenvalue weighted by Crippen LogP contribution is 2.06. The zero-order valence-corrected chi connectivity index (χ0v) is 12.0. The van der Waals surface area contributed by atoms with Crippen molar-refractivity contribution in [1.29, 1.82) is 0 Å². The number of hydrogen-bond acceptors (Lipinski definition) is 4. The molecule has 106 valence electrons. The van der Waals surface area contributed by atoms with Gasteiger partial charge in [-0.15, -0.1) is 0 Å². The SMILES string of the molecule is CCNC(=NCC(=O)OC(C)(C)C)NCCOC. The van der Waals surface area contributed by atoms with Crippen LogP contribution in [0.4, 0.5) is 0 Å². The van der Waals surface area contributed by atoms with E-state index in [2.05, 4.69) is 15.6 Å². The Balaban J connectivity index is 4.17. The smallest absolute Gasteiger partial charge is 0.328 e. The first-order valence-corrected chi connectivity index (χ1v) is 6.12. The van der Waals surface area contributed by atoms with Gasteiger partial charge in [0, 0.05) is 20.2 Å². The van der Waals surface area contributed by atoms with Crippen molar-refractivity contribution in [3.63, 3.8) is 0 Å². The van der Waals surface area contributed by atoms with Crippen LogP contribution in [-0.2, 0) is 14.3 Å². The minimum atomic E-state index is -0.478. The Bertz CT molecular complexity index is 272. The van der Waals surface area contributed by atoms with Crippen LogP contribution < -0.4 is 10.6 Å². The molecule has 0 aliphatic rings. The van der Waals surface area contributed by atoms with E-state index in [1.54, 1.807) is 7.11 Å². The lowest BCUT2D eigenvalue weighted by Gasteiger charge is -2.19. The van der Waals surface area contributed by atoms with Crippen LogP contribution in [0.3, 0.4) is 0 Å². The van der Waals surface area contributed by atoms with E-state index in [1.165, 1.54) is 0 Å². The van der Waals surface area contributed by atoms with Crippen molar-refractivity contribution in [2.24, 2.45) is 4.99 Å².